The zero-order chi connectivity index (χ0) is 81.8. The Balaban J connectivity index is 0.950. The second kappa shape index (κ2) is 31.4. The summed E-state index contributed by atoms with van der Waals surface area (Å²) in [4.78, 5) is 5.39. The van der Waals surface area contributed by atoms with Crippen LogP contribution in [0.25, 0.3) is 77.9 Å². The summed E-state index contributed by atoms with van der Waals surface area (Å²) in [5, 5.41) is 10.4. The van der Waals surface area contributed by atoms with Crippen molar-refractivity contribution in [1.29, 1.82) is 0 Å². The third-order valence-corrected chi connectivity index (χ3v) is 34.9. The third-order valence-electron chi connectivity index (χ3n) is 25.4. The van der Waals surface area contributed by atoms with E-state index in [4.69, 9.17) is 0 Å². The summed E-state index contributed by atoms with van der Waals surface area (Å²) in [5.74, 6) is 0. The number of rotatable bonds is 17. The van der Waals surface area contributed by atoms with Gasteiger partial charge in [-0.05, 0) is 177 Å². The first-order valence-electron chi connectivity index (χ1n) is 42.6. The zero-order valence-corrected chi connectivity index (χ0v) is 71.3. The number of nitrogens with zero attached hydrogens (tertiary/aromatic N) is 2. The minimum atomic E-state index is -3.51. The van der Waals surface area contributed by atoms with Gasteiger partial charge in [-0.15, -0.1) is 0 Å². The molecule has 20 rings (SSSR count). The monoisotopic (exact) mass is 1580 g/mol. The van der Waals surface area contributed by atoms with Crippen LogP contribution in [-0.2, 0) is 10.8 Å². The minimum absolute atomic E-state index is 0.212. The van der Waals surface area contributed by atoms with E-state index >= 15 is 0 Å². The van der Waals surface area contributed by atoms with E-state index in [9.17, 15) is 0 Å². The van der Waals surface area contributed by atoms with Gasteiger partial charge in [-0.1, -0.05) is 460 Å². The molecular formula is C116H93BN2Si2. The van der Waals surface area contributed by atoms with E-state index in [1.807, 2.05) is 0 Å². The molecule has 121 heavy (non-hydrogen) atoms. The van der Waals surface area contributed by atoms with E-state index < -0.39 is 16.1 Å². The van der Waals surface area contributed by atoms with Gasteiger partial charge in [-0.25, -0.2) is 0 Å². The second-order valence-electron chi connectivity index (χ2n) is 34.6. The van der Waals surface area contributed by atoms with Crippen LogP contribution in [0.5, 0.6) is 0 Å². The number of benzene rings is 18. The summed E-state index contributed by atoms with van der Waals surface area (Å²) < 4.78 is 0. The molecule has 0 amide bonds. The Kier molecular flexibility index (Phi) is 19.7. The van der Waals surface area contributed by atoms with Gasteiger partial charge in [-0.2, -0.15) is 0 Å². The first-order chi connectivity index (χ1) is 59.3. The van der Waals surface area contributed by atoms with E-state index in [-0.39, 0.29) is 17.5 Å². The van der Waals surface area contributed by atoms with Crippen LogP contribution < -0.4 is 67.7 Å². The molecule has 0 N–H and O–H groups in total. The van der Waals surface area contributed by atoms with Gasteiger partial charge in [0.2, 0.25) is 0 Å². The van der Waals surface area contributed by atoms with Crippen LogP contribution in [0.15, 0.2) is 455 Å². The van der Waals surface area contributed by atoms with Crippen LogP contribution in [0.1, 0.15) is 52.7 Å². The lowest BCUT2D eigenvalue weighted by Crippen LogP contribution is -2.78. The number of fused-ring (bicyclic) bond motifs is 4. The highest BCUT2D eigenvalue weighted by Gasteiger charge is 2.49. The lowest BCUT2D eigenvalue weighted by atomic mass is 9.33. The molecular weight excluding hydrogens is 1490 g/mol. The molecule has 0 fully saturated rings. The van der Waals surface area contributed by atoms with Crippen LogP contribution in [-0.4, -0.2) is 22.9 Å². The molecule has 0 bridgehead atoms. The lowest BCUT2D eigenvalue weighted by molar-refractivity contribution is 0.590. The van der Waals surface area contributed by atoms with Crippen molar-refractivity contribution < 1.29 is 0 Å². The molecule has 0 saturated carbocycles. The van der Waals surface area contributed by atoms with Gasteiger partial charge in [0.25, 0.3) is 6.71 Å². The van der Waals surface area contributed by atoms with E-state index in [1.54, 1.807) is 0 Å². The van der Waals surface area contributed by atoms with E-state index in [0.717, 1.165) is 78.6 Å². The van der Waals surface area contributed by atoms with Gasteiger partial charge in [0, 0.05) is 39.4 Å². The minimum Gasteiger partial charge on any atom is -0.311 e. The van der Waals surface area contributed by atoms with Crippen molar-refractivity contribution in [3.05, 3.63) is 466 Å². The fourth-order valence-electron chi connectivity index (χ4n) is 19.6. The molecule has 5 heteroatoms. The van der Waals surface area contributed by atoms with Crippen molar-refractivity contribution in [3.63, 3.8) is 0 Å². The highest BCUT2D eigenvalue weighted by molar-refractivity contribution is 7.22. The summed E-state index contributed by atoms with van der Waals surface area (Å²) >= 11 is 0. The Hall–Kier alpha value is -13.9. The second-order valence-corrected chi connectivity index (χ2v) is 42.3. The van der Waals surface area contributed by atoms with Gasteiger partial charge in [0.1, 0.15) is 0 Å². The summed E-state index contributed by atoms with van der Waals surface area (Å²) in [6.07, 6.45) is 0. The fourth-order valence-corrected chi connectivity index (χ4v) is 29.4. The standard InChI is InChI=1S/C116H93BN2Si2/c1-115(2,3)93-68-71-109-107(78-93)117-106-77-91(67-70-110(106)119(114-103(85-46-23-10-24-47-85)64-39-65-104(114)86-48-25-11-26-49-86)112-80-94(116(4,5)6)79-111(113(112)117)118(109)108-69-66-90(84-44-21-9-22-45-84)76-105(108)87-50-27-12-28-51-87)92-74-101(120(95-54-29-13-30-55-95,96-56-31-14-32-57-96)99-62-37-52-88(72-99)82-40-17-7-18-41-82)81-102(75-92)121(97-58-33-15-34-59-97,98-60-35-16-36-61-98)100-63-38-53-89(73-100)83-42-19-8-20-43-83/h7-81H,1-6H3. The number of anilines is 6. The predicted molar refractivity (Wildman–Crippen MR) is 523 cm³/mol. The molecule has 2 heterocycles. The van der Waals surface area contributed by atoms with Crippen molar-refractivity contribution in [3.8, 4) is 77.9 Å². The molecule has 0 atom stereocenters. The summed E-state index contributed by atoms with van der Waals surface area (Å²) in [7, 11) is -7.02. The van der Waals surface area contributed by atoms with Crippen molar-refractivity contribution in [1.82, 2.24) is 0 Å². The lowest BCUT2D eigenvalue weighted by Gasteiger charge is -2.46. The SMILES string of the molecule is CC(C)(C)c1ccc2c(c1)B1c3cc(-c4cc([Si](c5ccccc5)(c5ccccc5)c5cccc(-c6ccccc6)c5)cc([Si](c5ccccc5)(c5ccccc5)c5cccc(-c6ccccc6)c5)c4)ccc3N(c3c(-c4ccccc4)cccc3-c3ccccc3)c3cc(C(C)(C)C)cc(c31)N2c1ccc(-c2ccccc2)cc1-c1ccccc1. The van der Waals surface area contributed by atoms with E-state index in [0.29, 0.717) is 0 Å². The maximum absolute atomic E-state index is 3.51. The number of para-hydroxylation sites is 1. The van der Waals surface area contributed by atoms with E-state index in [2.05, 4.69) is 506 Å². The topological polar surface area (TPSA) is 6.48 Å². The zero-order valence-electron chi connectivity index (χ0n) is 69.3. The summed E-state index contributed by atoms with van der Waals surface area (Å²) in [6, 6.07) is 174. The number of hydrogen-bond acceptors (Lipinski definition) is 2. The largest absolute Gasteiger partial charge is 0.311 e. The van der Waals surface area contributed by atoms with Crippen LogP contribution in [0, 0.1) is 0 Å². The maximum atomic E-state index is 2.73. The molecule has 0 unspecified atom stereocenters. The molecule has 2 aliphatic rings. The molecule has 18 aromatic carbocycles. The normalized spacial score (nSPS) is 12.5. The molecule has 578 valence electrons. The van der Waals surface area contributed by atoms with Gasteiger partial charge < -0.3 is 9.80 Å². The highest BCUT2D eigenvalue weighted by Crippen LogP contribution is 2.53. The third kappa shape index (κ3) is 13.6. The number of hydrogen-bond donors (Lipinski definition) is 0. The van der Waals surface area contributed by atoms with Crippen LogP contribution in [0.2, 0.25) is 0 Å². The molecule has 0 spiro atoms. The van der Waals surface area contributed by atoms with Gasteiger partial charge >= 0.3 is 0 Å². The molecule has 0 aliphatic carbocycles. The Bertz CT molecular complexity index is 6490. The summed E-state index contributed by atoms with van der Waals surface area (Å²) in [6.45, 7) is 14.0. The van der Waals surface area contributed by atoms with Crippen LogP contribution >= 0.6 is 0 Å². The Morgan fingerprint density at radius 2 is 0.496 bits per heavy atom. The highest BCUT2D eigenvalue weighted by atomic mass is 28.3. The molecule has 18 aromatic rings. The Morgan fingerprint density at radius 3 is 0.909 bits per heavy atom. The van der Waals surface area contributed by atoms with Gasteiger partial charge in [-0.3, -0.25) is 0 Å². The first-order valence-corrected chi connectivity index (χ1v) is 46.6. The molecule has 2 nitrogen and oxygen atoms in total. The average molecular weight is 1580 g/mol. The fraction of sp³-hybridized carbons (Fsp3) is 0.0690. The van der Waals surface area contributed by atoms with Crippen LogP contribution in [0.4, 0.5) is 34.1 Å². The first kappa shape index (κ1) is 75.8. The predicted octanol–water partition coefficient (Wildman–Crippen LogP) is 22.8. The van der Waals surface area contributed by atoms with Crippen LogP contribution in [0.3, 0.4) is 0 Å². The van der Waals surface area contributed by atoms with Gasteiger partial charge in [0.05, 0.1) is 11.4 Å². The maximum Gasteiger partial charge on any atom is 0.252 e. The van der Waals surface area contributed by atoms with Crippen molar-refractivity contribution >= 4 is 115 Å². The smallest absolute Gasteiger partial charge is 0.252 e. The molecule has 0 aromatic heterocycles. The Morgan fingerprint density at radius 1 is 0.190 bits per heavy atom. The quantitative estimate of drug-likeness (QED) is 0.0662. The average Bonchev–Trinajstić information content (AvgIpc) is 0.676. The van der Waals surface area contributed by atoms with Crippen molar-refractivity contribution in [2.24, 2.45) is 0 Å². The van der Waals surface area contributed by atoms with E-state index in [1.165, 1.54) is 102 Å². The molecule has 2 aliphatic heterocycles. The van der Waals surface area contributed by atoms with Crippen molar-refractivity contribution in [2.75, 3.05) is 9.80 Å². The molecule has 0 radical (unpaired) electrons. The van der Waals surface area contributed by atoms with Gasteiger partial charge in [0.15, 0.2) is 16.1 Å². The van der Waals surface area contributed by atoms with Crippen molar-refractivity contribution in [2.45, 2.75) is 52.4 Å². The Labute approximate surface area is 715 Å². The molecule has 0 saturated heterocycles. The summed E-state index contributed by atoms with van der Waals surface area (Å²) in [5.41, 5.74) is 28.9.